The van der Waals surface area contributed by atoms with Gasteiger partial charge in [0.15, 0.2) is 0 Å². The molecular weight excluding hydrogens is 298 g/mol. The van der Waals surface area contributed by atoms with E-state index in [9.17, 15) is 4.79 Å². The number of fused-ring (bicyclic) bond motifs is 1. The standard InChI is InChI=1S/C20H29N3O/c21-19(20-11-16(20)12-22-13-20)23-18(24)17(14-7-3-1-4-8-14)15-9-5-2-6-10-15/h1,3-4,7-8,15-17,19,22H,2,5-6,9-13,21H2,(H,23,24). The summed E-state index contributed by atoms with van der Waals surface area (Å²) in [5.41, 5.74) is 7.69. The summed E-state index contributed by atoms with van der Waals surface area (Å²) in [6.07, 6.45) is 7.01. The van der Waals surface area contributed by atoms with E-state index in [1.165, 1.54) is 19.3 Å². The topological polar surface area (TPSA) is 67.1 Å². The van der Waals surface area contributed by atoms with Crippen LogP contribution in [0.15, 0.2) is 30.3 Å². The van der Waals surface area contributed by atoms with Gasteiger partial charge in [0.25, 0.3) is 0 Å². The largest absolute Gasteiger partial charge is 0.340 e. The van der Waals surface area contributed by atoms with Gasteiger partial charge in [-0.1, -0.05) is 49.6 Å². The summed E-state index contributed by atoms with van der Waals surface area (Å²) >= 11 is 0. The fourth-order valence-electron chi connectivity index (χ4n) is 5.01. The van der Waals surface area contributed by atoms with Crippen LogP contribution in [0.4, 0.5) is 0 Å². The van der Waals surface area contributed by atoms with Crippen molar-refractivity contribution in [1.82, 2.24) is 10.6 Å². The maximum absolute atomic E-state index is 13.2. The Hall–Kier alpha value is -1.39. The third kappa shape index (κ3) is 2.86. The Morgan fingerprint density at radius 1 is 1.21 bits per heavy atom. The van der Waals surface area contributed by atoms with Crippen LogP contribution in [0.3, 0.4) is 0 Å². The summed E-state index contributed by atoms with van der Waals surface area (Å²) in [6, 6.07) is 10.3. The molecule has 2 aliphatic carbocycles. The fraction of sp³-hybridized carbons (Fsp3) is 0.650. The van der Waals surface area contributed by atoms with Crippen LogP contribution in [0.25, 0.3) is 0 Å². The average Bonchev–Trinajstić information content (AvgIpc) is 3.18. The molecule has 1 aromatic carbocycles. The number of amides is 1. The van der Waals surface area contributed by atoms with Gasteiger partial charge >= 0.3 is 0 Å². The van der Waals surface area contributed by atoms with E-state index < -0.39 is 0 Å². The second-order valence-electron chi connectivity index (χ2n) is 8.04. The molecule has 130 valence electrons. The first kappa shape index (κ1) is 16.1. The fourth-order valence-corrected chi connectivity index (χ4v) is 5.01. The van der Waals surface area contributed by atoms with Crippen LogP contribution in [-0.2, 0) is 4.79 Å². The summed E-state index contributed by atoms with van der Waals surface area (Å²) in [4.78, 5) is 13.2. The molecule has 4 N–H and O–H groups in total. The molecule has 4 rings (SSSR count). The van der Waals surface area contributed by atoms with Gasteiger partial charge in [-0.05, 0) is 43.2 Å². The maximum Gasteiger partial charge on any atom is 0.229 e. The highest BCUT2D eigenvalue weighted by Gasteiger charge is 2.61. The number of hydrogen-bond donors (Lipinski definition) is 3. The monoisotopic (exact) mass is 327 g/mol. The van der Waals surface area contributed by atoms with Crippen molar-refractivity contribution in [2.45, 2.75) is 50.6 Å². The van der Waals surface area contributed by atoms with Gasteiger partial charge in [0.2, 0.25) is 5.91 Å². The van der Waals surface area contributed by atoms with Crippen molar-refractivity contribution in [3.8, 4) is 0 Å². The van der Waals surface area contributed by atoms with Crippen LogP contribution in [0.5, 0.6) is 0 Å². The third-order valence-corrected chi connectivity index (χ3v) is 6.60. The Balaban J connectivity index is 1.50. The minimum atomic E-state index is -0.222. The van der Waals surface area contributed by atoms with Crippen LogP contribution >= 0.6 is 0 Å². The summed E-state index contributed by atoms with van der Waals surface area (Å²) in [5, 5.41) is 6.61. The van der Waals surface area contributed by atoms with Gasteiger partial charge in [-0.3, -0.25) is 4.79 Å². The zero-order valence-electron chi connectivity index (χ0n) is 14.3. The molecule has 4 atom stereocenters. The van der Waals surface area contributed by atoms with Crippen molar-refractivity contribution < 1.29 is 4.79 Å². The second kappa shape index (κ2) is 6.49. The SMILES string of the molecule is NC(NC(=O)C(c1ccccc1)C1CCCCC1)C12CNCC1C2. The summed E-state index contributed by atoms with van der Waals surface area (Å²) in [6.45, 7) is 1.99. The molecule has 1 heterocycles. The number of benzene rings is 1. The van der Waals surface area contributed by atoms with Gasteiger partial charge in [0, 0.05) is 12.0 Å². The molecule has 0 aromatic heterocycles. The summed E-state index contributed by atoms with van der Waals surface area (Å²) in [7, 11) is 0. The molecule has 3 aliphatic rings. The molecule has 1 aliphatic heterocycles. The molecule has 1 saturated heterocycles. The lowest BCUT2D eigenvalue weighted by Gasteiger charge is -2.32. The minimum Gasteiger partial charge on any atom is -0.340 e. The minimum absolute atomic E-state index is 0.0551. The van der Waals surface area contributed by atoms with Gasteiger partial charge in [0.1, 0.15) is 0 Å². The highest BCUT2D eigenvalue weighted by molar-refractivity contribution is 5.84. The van der Waals surface area contributed by atoms with Crippen molar-refractivity contribution >= 4 is 5.91 Å². The lowest BCUT2D eigenvalue weighted by Crippen LogP contribution is -2.52. The smallest absolute Gasteiger partial charge is 0.229 e. The normalized spacial score (nSPS) is 32.0. The quantitative estimate of drug-likeness (QED) is 0.727. The number of carbonyl (C=O) groups excluding carboxylic acids is 1. The average molecular weight is 327 g/mol. The van der Waals surface area contributed by atoms with Crippen molar-refractivity contribution in [2.24, 2.45) is 23.0 Å². The molecular formula is C20H29N3O. The molecule has 4 nitrogen and oxygen atoms in total. The van der Waals surface area contributed by atoms with E-state index in [1.54, 1.807) is 0 Å². The number of rotatable bonds is 5. The molecule has 1 amide bonds. The van der Waals surface area contributed by atoms with Gasteiger partial charge in [-0.2, -0.15) is 0 Å². The highest BCUT2D eigenvalue weighted by atomic mass is 16.2. The highest BCUT2D eigenvalue weighted by Crippen LogP contribution is 2.56. The number of nitrogens with two attached hydrogens (primary N) is 1. The van der Waals surface area contributed by atoms with E-state index in [0.717, 1.165) is 37.9 Å². The maximum atomic E-state index is 13.2. The van der Waals surface area contributed by atoms with Crippen LogP contribution in [-0.4, -0.2) is 25.2 Å². The number of nitrogens with one attached hydrogen (secondary N) is 2. The Morgan fingerprint density at radius 2 is 1.96 bits per heavy atom. The van der Waals surface area contributed by atoms with Crippen molar-refractivity contribution in [3.63, 3.8) is 0 Å². The first-order valence-corrected chi connectivity index (χ1v) is 9.52. The van der Waals surface area contributed by atoms with Crippen LogP contribution in [0, 0.1) is 17.3 Å². The third-order valence-electron chi connectivity index (χ3n) is 6.60. The predicted molar refractivity (Wildman–Crippen MR) is 95.3 cm³/mol. The van der Waals surface area contributed by atoms with Crippen molar-refractivity contribution in [3.05, 3.63) is 35.9 Å². The summed E-state index contributed by atoms with van der Waals surface area (Å²) < 4.78 is 0. The lowest BCUT2D eigenvalue weighted by molar-refractivity contribution is -0.125. The van der Waals surface area contributed by atoms with Crippen LogP contribution in [0.2, 0.25) is 0 Å². The van der Waals surface area contributed by atoms with E-state index >= 15 is 0 Å². The molecule has 0 radical (unpaired) electrons. The van der Waals surface area contributed by atoms with Gasteiger partial charge in [-0.25, -0.2) is 0 Å². The molecule has 24 heavy (non-hydrogen) atoms. The van der Waals surface area contributed by atoms with Crippen LogP contribution in [0.1, 0.15) is 50.0 Å². The Bertz CT molecular complexity index is 584. The predicted octanol–water partition coefficient (Wildman–Crippen LogP) is 2.36. The Labute approximate surface area is 144 Å². The Kier molecular flexibility index (Phi) is 4.35. The van der Waals surface area contributed by atoms with E-state index in [4.69, 9.17) is 5.73 Å². The molecule has 4 heteroatoms. The summed E-state index contributed by atoms with van der Waals surface area (Å²) in [5.74, 6) is 1.17. The van der Waals surface area contributed by atoms with Gasteiger partial charge in [-0.15, -0.1) is 0 Å². The van der Waals surface area contributed by atoms with Gasteiger partial charge < -0.3 is 16.4 Å². The molecule has 3 fully saturated rings. The van der Waals surface area contributed by atoms with Crippen LogP contribution < -0.4 is 16.4 Å². The number of hydrogen-bond acceptors (Lipinski definition) is 3. The number of carbonyl (C=O) groups is 1. The molecule has 1 aromatic rings. The van der Waals surface area contributed by atoms with E-state index in [1.807, 2.05) is 18.2 Å². The first-order valence-electron chi connectivity index (χ1n) is 9.52. The molecule has 0 spiro atoms. The second-order valence-corrected chi connectivity index (χ2v) is 8.04. The molecule has 2 saturated carbocycles. The van der Waals surface area contributed by atoms with E-state index in [0.29, 0.717) is 11.8 Å². The zero-order valence-corrected chi connectivity index (χ0v) is 14.3. The Morgan fingerprint density at radius 3 is 2.58 bits per heavy atom. The number of piperidine rings is 1. The van der Waals surface area contributed by atoms with Crippen molar-refractivity contribution in [1.29, 1.82) is 0 Å². The first-order chi connectivity index (χ1) is 11.7. The molecule has 4 unspecified atom stereocenters. The van der Waals surface area contributed by atoms with Gasteiger partial charge in [0.05, 0.1) is 12.1 Å². The molecule has 0 bridgehead atoms. The lowest BCUT2D eigenvalue weighted by atomic mass is 9.76. The van der Waals surface area contributed by atoms with E-state index in [-0.39, 0.29) is 23.4 Å². The van der Waals surface area contributed by atoms with E-state index in [2.05, 4.69) is 22.8 Å². The zero-order chi connectivity index (χ0) is 16.6. The van der Waals surface area contributed by atoms with Crippen molar-refractivity contribution in [2.75, 3.05) is 13.1 Å².